The monoisotopic (exact) mass is 267 g/mol. The van der Waals surface area contributed by atoms with E-state index in [9.17, 15) is 4.79 Å². The third kappa shape index (κ3) is 2.95. The number of amides is 1. The SMILES string of the molecule is CNC1(C(N)=O)CCCC(N2CCC(C)C(C)C2)C1. The van der Waals surface area contributed by atoms with E-state index in [2.05, 4.69) is 24.1 Å². The first-order valence-electron chi connectivity index (χ1n) is 7.71. The number of carbonyl (C=O) groups excluding carboxylic acids is 1. The average molecular weight is 267 g/mol. The molecule has 0 aromatic carbocycles. The Hall–Kier alpha value is -0.610. The second-order valence-corrected chi connectivity index (χ2v) is 6.68. The maximum atomic E-state index is 11.8. The summed E-state index contributed by atoms with van der Waals surface area (Å²) in [5.74, 6) is 1.40. The summed E-state index contributed by atoms with van der Waals surface area (Å²) < 4.78 is 0. The first-order valence-corrected chi connectivity index (χ1v) is 7.71. The third-order valence-corrected chi connectivity index (χ3v) is 5.56. The average Bonchev–Trinajstić information content (AvgIpc) is 2.41. The van der Waals surface area contributed by atoms with Gasteiger partial charge in [0.15, 0.2) is 0 Å². The van der Waals surface area contributed by atoms with Crippen LogP contribution in [0.4, 0.5) is 0 Å². The fourth-order valence-electron chi connectivity index (χ4n) is 3.76. The van der Waals surface area contributed by atoms with Crippen molar-refractivity contribution in [1.82, 2.24) is 10.2 Å². The van der Waals surface area contributed by atoms with Crippen LogP contribution in [-0.4, -0.2) is 42.5 Å². The summed E-state index contributed by atoms with van der Waals surface area (Å²) in [4.78, 5) is 14.4. The van der Waals surface area contributed by atoms with Gasteiger partial charge in [-0.05, 0) is 57.5 Å². The van der Waals surface area contributed by atoms with Gasteiger partial charge in [-0.2, -0.15) is 0 Å². The molecule has 1 heterocycles. The third-order valence-electron chi connectivity index (χ3n) is 5.56. The van der Waals surface area contributed by atoms with Crippen molar-refractivity contribution >= 4 is 5.91 Å². The number of carbonyl (C=O) groups is 1. The molecule has 1 saturated carbocycles. The van der Waals surface area contributed by atoms with E-state index in [1.165, 1.54) is 25.9 Å². The van der Waals surface area contributed by atoms with Crippen LogP contribution >= 0.6 is 0 Å². The Bertz CT molecular complexity index is 333. The Kier molecular flexibility index (Phi) is 4.51. The van der Waals surface area contributed by atoms with Gasteiger partial charge in [0, 0.05) is 12.6 Å². The first kappa shape index (κ1) is 14.8. The number of hydrogen-bond acceptors (Lipinski definition) is 3. The molecular weight excluding hydrogens is 238 g/mol. The molecule has 1 saturated heterocycles. The van der Waals surface area contributed by atoms with Crippen molar-refractivity contribution in [3.8, 4) is 0 Å². The summed E-state index contributed by atoms with van der Waals surface area (Å²) in [5, 5.41) is 3.20. The van der Waals surface area contributed by atoms with E-state index in [1.54, 1.807) is 0 Å². The molecule has 0 radical (unpaired) electrons. The largest absolute Gasteiger partial charge is 0.368 e. The number of rotatable bonds is 3. The molecule has 110 valence electrons. The summed E-state index contributed by atoms with van der Waals surface area (Å²) in [7, 11) is 1.87. The van der Waals surface area contributed by atoms with Crippen molar-refractivity contribution in [2.75, 3.05) is 20.1 Å². The van der Waals surface area contributed by atoms with Crippen LogP contribution in [-0.2, 0) is 4.79 Å². The van der Waals surface area contributed by atoms with Crippen molar-refractivity contribution in [2.24, 2.45) is 17.6 Å². The quantitative estimate of drug-likeness (QED) is 0.811. The number of nitrogens with one attached hydrogen (secondary N) is 1. The highest BCUT2D eigenvalue weighted by molar-refractivity contribution is 5.84. The molecule has 2 fully saturated rings. The van der Waals surface area contributed by atoms with Gasteiger partial charge in [-0.3, -0.25) is 4.79 Å². The lowest BCUT2D eigenvalue weighted by molar-refractivity contribution is -0.126. The number of likely N-dealkylation sites (tertiary alicyclic amines) is 1. The molecule has 2 rings (SSSR count). The van der Waals surface area contributed by atoms with Gasteiger partial charge in [0.1, 0.15) is 0 Å². The lowest BCUT2D eigenvalue weighted by atomic mass is 9.76. The Balaban J connectivity index is 2.03. The molecule has 4 heteroatoms. The molecule has 2 aliphatic rings. The molecule has 4 atom stereocenters. The number of nitrogens with two attached hydrogens (primary N) is 1. The Morgan fingerprint density at radius 1 is 1.32 bits per heavy atom. The van der Waals surface area contributed by atoms with Gasteiger partial charge in [-0.25, -0.2) is 0 Å². The van der Waals surface area contributed by atoms with Crippen molar-refractivity contribution in [1.29, 1.82) is 0 Å². The number of primary amides is 1. The summed E-state index contributed by atoms with van der Waals surface area (Å²) in [6.45, 7) is 7.04. The highest BCUT2D eigenvalue weighted by Gasteiger charge is 2.42. The van der Waals surface area contributed by atoms with Crippen molar-refractivity contribution < 1.29 is 4.79 Å². The molecule has 1 amide bonds. The van der Waals surface area contributed by atoms with Crippen molar-refractivity contribution in [2.45, 2.75) is 57.5 Å². The normalized spacial score (nSPS) is 41.1. The lowest BCUT2D eigenvalue weighted by Gasteiger charge is -2.46. The minimum Gasteiger partial charge on any atom is -0.368 e. The van der Waals surface area contributed by atoms with E-state index in [4.69, 9.17) is 5.73 Å². The molecule has 1 aliphatic carbocycles. The molecule has 0 bridgehead atoms. The zero-order chi connectivity index (χ0) is 14.0. The van der Waals surface area contributed by atoms with Crippen molar-refractivity contribution in [3.05, 3.63) is 0 Å². The van der Waals surface area contributed by atoms with Gasteiger partial charge >= 0.3 is 0 Å². The van der Waals surface area contributed by atoms with E-state index in [-0.39, 0.29) is 5.91 Å². The van der Waals surface area contributed by atoms with Crippen LogP contribution in [0.5, 0.6) is 0 Å². The summed E-state index contributed by atoms with van der Waals surface area (Å²) >= 11 is 0. The van der Waals surface area contributed by atoms with Crippen LogP contribution < -0.4 is 11.1 Å². The van der Waals surface area contributed by atoms with E-state index >= 15 is 0 Å². The van der Waals surface area contributed by atoms with Gasteiger partial charge < -0.3 is 16.0 Å². The number of hydrogen-bond donors (Lipinski definition) is 2. The number of likely N-dealkylation sites (N-methyl/N-ethyl adjacent to an activating group) is 1. The standard InChI is InChI=1S/C15H29N3O/c1-11-6-8-18(10-12(11)2)13-5-4-7-15(9-13,17-3)14(16)19/h11-13,17H,4-10H2,1-3H3,(H2,16,19). The molecule has 0 spiro atoms. The summed E-state index contributed by atoms with van der Waals surface area (Å²) in [6.07, 6.45) is 5.34. The predicted molar refractivity (Wildman–Crippen MR) is 77.8 cm³/mol. The van der Waals surface area contributed by atoms with Gasteiger partial charge in [0.2, 0.25) is 5.91 Å². The molecule has 4 unspecified atom stereocenters. The highest BCUT2D eigenvalue weighted by atomic mass is 16.1. The minimum atomic E-state index is -0.477. The topological polar surface area (TPSA) is 58.4 Å². The first-order chi connectivity index (χ1) is 8.98. The lowest BCUT2D eigenvalue weighted by Crippen LogP contribution is -2.60. The van der Waals surface area contributed by atoms with Crippen LogP contribution in [0.3, 0.4) is 0 Å². The second-order valence-electron chi connectivity index (χ2n) is 6.68. The Labute approximate surface area is 117 Å². The van der Waals surface area contributed by atoms with E-state index in [0.717, 1.165) is 31.1 Å². The van der Waals surface area contributed by atoms with E-state index in [1.807, 2.05) is 7.05 Å². The van der Waals surface area contributed by atoms with Gasteiger partial charge in [0.25, 0.3) is 0 Å². The fourth-order valence-corrected chi connectivity index (χ4v) is 3.76. The van der Waals surface area contributed by atoms with Gasteiger partial charge in [0.05, 0.1) is 5.54 Å². The molecule has 3 N–H and O–H groups in total. The maximum absolute atomic E-state index is 11.8. The van der Waals surface area contributed by atoms with Crippen molar-refractivity contribution in [3.63, 3.8) is 0 Å². The van der Waals surface area contributed by atoms with Crippen LogP contribution in [0.1, 0.15) is 46.0 Å². The summed E-state index contributed by atoms with van der Waals surface area (Å²) in [6, 6.07) is 0.517. The zero-order valence-electron chi connectivity index (χ0n) is 12.6. The predicted octanol–water partition coefficient (Wildman–Crippen LogP) is 1.35. The smallest absolute Gasteiger partial charge is 0.237 e. The molecule has 19 heavy (non-hydrogen) atoms. The van der Waals surface area contributed by atoms with Crippen LogP contribution in [0.25, 0.3) is 0 Å². The molecule has 4 nitrogen and oxygen atoms in total. The van der Waals surface area contributed by atoms with E-state index < -0.39 is 5.54 Å². The molecule has 0 aromatic heterocycles. The molecule has 0 aromatic rings. The van der Waals surface area contributed by atoms with Crippen LogP contribution in [0, 0.1) is 11.8 Å². The Morgan fingerprint density at radius 3 is 2.63 bits per heavy atom. The van der Waals surface area contributed by atoms with Gasteiger partial charge in [-0.15, -0.1) is 0 Å². The van der Waals surface area contributed by atoms with Crippen LogP contribution in [0.15, 0.2) is 0 Å². The minimum absolute atomic E-state index is 0.182. The molecule has 1 aliphatic heterocycles. The van der Waals surface area contributed by atoms with Crippen LogP contribution in [0.2, 0.25) is 0 Å². The Morgan fingerprint density at radius 2 is 2.05 bits per heavy atom. The zero-order valence-corrected chi connectivity index (χ0v) is 12.6. The second kappa shape index (κ2) is 5.80. The fraction of sp³-hybridized carbons (Fsp3) is 0.933. The van der Waals surface area contributed by atoms with Gasteiger partial charge in [-0.1, -0.05) is 13.8 Å². The maximum Gasteiger partial charge on any atom is 0.237 e. The number of piperidine rings is 1. The molecular formula is C15H29N3O. The summed E-state index contributed by atoms with van der Waals surface area (Å²) in [5.41, 5.74) is 5.16. The highest BCUT2D eigenvalue weighted by Crippen LogP contribution is 2.34. The number of nitrogens with zero attached hydrogens (tertiary/aromatic N) is 1. The van der Waals surface area contributed by atoms with E-state index in [0.29, 0.717) is 6.04 Å².